The molecule has 0 unspecified atom stereocenters. The number of quaternary nitrogens is 1. The lowest BCUT2D eigenvalue weighted by molar-refractivity contribution is -0.676. The number of aliphatic hydroxyl groups excluding tert-OH is 1. The van der Waals surface area contributed by atoms with Gasteiger partial charge in [0.05, 0.1) is 27.4 Å². The van der Waals surface area contributed by atoms with Gasteiger partial charge in [-0.15, -0.1) is 0 Å². The number of carbonyl (C=O) groups excluding carboxylic acids is 1. The van der Waals surface area contributed by atoms with E-state index in [1.807, 2.05) is 11.4 Å². The monoisotopic (exact) mass is 404 g/mol. The maximum Gasteiger partial charge on any atom is 0.341 e. The van der Waals surface area contributed by atoms with E-state index >= 15 is 0 Å². The van der Waals surface area contributed by atoms with Crippen LogP contribution >= 0.6 is 0 Å². The molecule has 0 aromatic heterocycles. The molecule has 0 aliphatic heterocycles. The Morgan fingerprint density at radius 2 is 2.14 bits per heavy atom. The molecular formula is C23H34NO5+. The number of allylic oxidation sites excluding steroid dienone is 1. The SMILES string of the molecule is COC(=O)c1cc(C[NH2+]C[C@H](O)COCC2=CC[C@@H]3C[C@H]2C3(C)C)ccc1OC. The predicted octanol–water partition coefficient (Wildman–Crippen LogP) is 1.92. The minimum absolute atomic E-state index is 0.334. The van der Waals surface area contributed by atoms with Gasteiger partial charge in [-0.25, -0.2) is 4.79 Å². The van der Waals surface area contributed by atoms with Crippen LogP contribution in [0.2, 0.25) is 0 Å². The summed E-state index contributed by atoms with van der Waals surface area (Å²) in [7, 11) is 2.88. The van der Waals surface area contributed by atoms with Crippen molar-refractivity contribution in [3.05, 3.63) is 41.0 Å². The fourth-order valence-electron chi connectivity index (χ4n) is 4.62. The van der Waals surface area contributed by atoms with E-state index in [0.717, 1.165) is 17.9 Å². The molecule has 3 N–H and O–H groups in total. The van der Waals surface area contributed by atoms with Gasteiger partial charge in [-0.1, -0.05) is 19.9 Å². The first-order valence-electron chi connectivity index (χ1n) is 10.4. The standard InChI is InChI=1S/C23H33NO5/c1-23(2)17-7-6-16(20(23)10-17)13-29-14-18(25)12-24-11-15-5-8-21(27-3)19(9-15)22(26)28-4/h5-6,8-9,17-18,20,24-25H,7,10-14H2,1-4H3/p+1/t17-,18+,20-/m1/s1. The van der Waals surface area contributed by atoms with Gasteiger partial charge in [0, 0.05) is 5.56 Å². The molecule has 2 bridgehead atoms. The van der Waals surface area contributed by atoms with E-state index < -0.39 is 12.1 Å². The smallest absolute Gasteiger partial charge is 0.341 e. The van der Waals surface area contributed by atoms with Crippen LogP contribution in [0.15, 0.2) is 29.8 Å². The average Bonchev–Trinajstić information content (AvgIpc) is 2.73. The molecule has 3 aliphatic carbocycles. The lowest BCUT2D eigenvalue weighted by Crippen LogP contribution is -2.85. The van der Waals surface area contributed by atoms with Crippen LogP contribution in [0.5, 0.6) is 5.75 Å². The Bertz CT molecular complexity index is 758. The number of benzene rings is 1. The van der Waals surface area contributed by atoms with Gasteiger partial charge in [-0.2, -0.15) is 0 Å². The zero-order valence-electron chi connectivity index (χ0n) is 17.9. The van der Waals surface area contributed by atoms with Gasteiger partial charge in [0.1, 0.15) is 30.5 Å². The van der Waals surface area contributed by atoms with Crippen molar-refractivity contribution >= 4 is 5.97 Å². The van der Waals surface area contributed by atoms with Gasteiger partial charge in [-0.05, 0) is 53.9 Å². The molecule has 3 atom stereocenters. The van der Waals surface area contributed by atoms with Gasteiger partial charge in [0.15, 0.2) is 0 Å². The Hall–Kier alpha value is -1.89. The Morgan fingerprint density at radius 3 is 2.79 bits per heavy atom. The second kappa shape index (κ2) is 9.28. The first-order chi connectivity index (χ1) is 13.9. The lowest BCUT2D eigenvalue weighted by Gasteiger charge is -2.56. The van der Waals surface area contributed by atoms with Crippen LogP contribution in [0, 0.1) is 17.3 Å². The van der Waals surface area contributed by atoms with E-state index in [-0.39, 0.29) is 0 Å². The fourth-order valence-corrected chi connectivity index (χ4v) is 4.62. The second-order valence-electron chi connectivity index (χ2n) is 8.74. The van der Waals surface area contributed by atoms with E-state index in [1.165, 1.54) is 26.2 Å². The van der Waals surface area contributed by atoms with Gasteiger partial charge in [0.25, 0.3) is 0 Å². The number of hydrogen-bond acceptors (Lipinski definition) is 5. The molecule has 0 amide bonds. The van der Waals surface area contributed by atoms with Crippen LogP contribution in [0.1, 0.15) is 42.6 Å². The molecule has 6 nitrogen and oxygen atoms in total. The highest BCUT2D eigenvalue weighted by Gasteiger charge is 2.50. The summed E-state index contributed by atoms with van der Waals surface area (Å²) < 4.78 is 15.8. The third-order valence-electron chi connectivity index (χ3n) is 6.65. The van der Waals surface area contributed by atoms with E-state index in [1.54, 1.807) is 12.1 Å². The van der Waals surface area contributed by atoms with Crippen molar-refractivity contribution in [1.82, 2.24) is 0 Å². The molecular weight excluding hydrogens is 370 g/mol. The third kappa shape index (κ3) is 4.82. The van der Waals surface area contributed by atoms with Crippen molar-refractivity contribution in [1.29, 1.82) is 0 Å². The van der Waals surface area contributed by atoms with Crippen molar-refractivity contribution < 1.29 is 29.4 Å². The molecule has 29 heavy (non-hydrogen) atoms. The summed E-state index contributed by atoms with van der Waals surface area (Å²) >= 11 is 0. The number of methoxy groups -OCH3 is 2. The minimum atomic E-state index is -0.528. The third-order valence-corrected chi connectivity index (χ3v) is 6.65. The highest BCUT2D eigenvalue weighted by molar-refractivity contribution is 5.92. The molecule has 4 rings (SSSR count). The number of fused-ring (bicyclic) bond motifs is 1. The van der Waals surface area contributed by atoms with Crippen molar-refractivity contribution in [2.45, 2.75) is 39.3 Å². The Balaban J connectivity index is 1.40. The van der Waals surface area contributed by atoms with E-state index in [9.17, 15) is 9.90 Å². The van der Waals surface area contributed by atoms with Gasteiger partial charge < -0.3 is 24.6 Å². The molecule has 1 fully saturated rings. The van der Waals surface area contributed by atoms with E-state index in [0.29, 0.717) is 48.9 Å². The van der Waals surface area contributed by atoms with Crippen molar-refractivity contribution in [3.63, 3.8) is 0 Å². The minimum Gasteiger partial charge on any atom is -0.496 e. The highest BCUT2D eigenvalue weighted by Crippen LogP contribution is 2.59. The van der Waals surface area contributed by atoms with Crippen LogP contribution in [0.4, 0.5) is 0 Å². The van der Waals surface area contributed by atoms with Crippen LogP contribution in [0.25, 0.3) is 0 Å². The molecule has 6 heteroatoms. The molecule has 0 spiro atoms. The Labute approximate surface area is 173 Å². The zero-order chi connectivity index (χ0) is 21.0. The molecule has 1 saturated carbocycles. The summed E-state index contributed by atoms with van der Waals surface area (Å²) in [4.78, 5) is 11.9. The Morgan fingerprint density at radius 1 is 1.34 bits per heavy atom. The summed E-state index contributed by atoms with van der Waals surface area (Å²) in [6.45, 7) is 6.85. The summed E-state index contributed by atoms with van der Waals surface area (Å²) in [5, 5.41) is 12.2. The molecule has 0 heterocycles. The quantitative estimate of drug-likeness (QED) is 0.460. The maximum absolute atomic E-state index is 11.9. The zero-order valence-corrected chi connectivity index (χ0v) is 17.9. The summed E-state index contributed by atoms with van der Waals surface area (Å²) in [5.41, 5.74) is 3.18. The molecule has 1 aromatic rings. The van der Waals surface area contributed by atoms with Crippen LogP contribution < -0.4 is 10.1 Å². The second-order valence-corrected chi connectivity index (χ2v) is 8.74. The summed E-state index contributed by atoms with van der Waals surface area (Å²) in [5.74, 6) is 1.54. The molecule has 1 aromatic carbocycles. The maximum atomic E-state index is 11.9. The Kier molecular flexibility index (Phi) is 6.98. The van der Waals surface area contributed by atoms with Gasteiger partial charge in [-0.3, -0.25) is 0 Å². The van der Waals surface area contributed by atoms with Gasteiger partial charge >= 0.3 is 5.97 Å². The topological polar surface area (TPSA) is 81.6 Å². The molecule has 3 aliphatic rings. The van der Waals surface area contributed by atoms with Gasteiger partial charge in [0.2, 0.25) is 0 Å². The number of hydrogen-bond donors (Lipinski definition) is 2. The summed E-state index contributed by atoms with van der Waals surface area (Å²) in [6, 6.07) is 5.44. The average molecular weight is 405 g/mol. The first-order valence-corrected chi connectivity index (χ1v) is 10.4. The van der Waals surface area contributed by atoms with E-state index in [4.69, 9.17) is 14.2 Å². The largest absolute Gasteiger partial charge is 0.496 e. The number of esters is 1. The molecule has 0 radical (unpaired) electrons. The summed E-state index contributed by atoms with van der Waals surface area (Å²) in [6.07, 6.45) is 4.26. The van der Waals surface area contributed by atoms with E-state index in [2.05, 4.69) is 19.9 Å². The first kappa shape index (κ1) is 21.8. The van der Waals surface area contributed by atoms with Crippen molar-refractivity contribution in [2.24, 2.45) is 17.3 Å². The lowest BCUT2D eigenvalue weighted by atomic mass is 9.49. The number of aliphatic hydroxyl groups is 1. The van der Waals surface area contributed by atoms with Crippen LogP contribution in [-0.2, 0) is 16.0 Å². The molecule has 0 saturated heterocycles. The predicted molar refractivity (Wildman–Crippen MR) is 110 cm³/mol. The number of carbonyl (C=O) groups is 1. The van der Waals surface area contributed by atoms with Crippen molar-refractivity contribution in [3.8, 4) is 5.75 Å². The molecule has 160 valence electrons. The number of rotatable bonds is 10. The number of nitrogens with two attached hydrogens (primary N) is 1. The van der Waals surface area contributed by atoms with Crippen LogP contribution in [0.3, 0.4) is 0 Å². The van der Waals surface area contributed by atoms with Crippen molar-refractivity contribution in [2.75, 3.05) is 34.0 Å². The highest BCUT2D eigenvalue weighted by atomic mass is 16.5. The van der Waals surface area contributed by atoms with Crippen LogP contribution in [-0.4, -0.2) is 51.2 Å². The fraction of sp³-hybridized carbons (Fsp3) is 0.609. The number of ether oxygens (including phenoxy) is 3. The normalized spacial score (nSPS) is 23.0.